The lowest BCUT2D eigenvalue weighted by Gasteiger charge is -2.28. The predicted molar refractivity (Wildman–Crippen MR) is 124 cm³/mol. The summed E-state index contributed by atoms with van der Waals surface area (Å²) in [7, 11) is 0. The smallest absolute Gasteiger partial charge is 0.170 e. The number of rotatable bonds is 6. The van der Waals surface area contributed by atoms with E-state index in [0.717, 1.165) is 22.8 Å². The van der Waals surface area contributed by atoms with E-state index in [9.17, 15) is 5.11 Å². The van der Waals surface area contributed by atoms with Crippen LogP contribution in [0.2, 0.25) is 5.02 Å². The van der Waals surface area contributed by atoms with Crippen LogP contribution in [0.3, 0.4) is 0 Å². The molecule has 1 fully saturated rings. The molecule has 0 bridgehead atoms. The third-order valence-electron chi connectivity index (χ3n) is 5.61. The van der Waals surface area contributed by atoms with Gasteiger partial charge in [-0.3, -0.25) is 4.98 Å². The lowest BCUT2D eigenvalue weighted by molar-refractivity contribution is 0.247. The maximum atomic E-state index is 9.41. The molecule has 0 amide bonds. The molecule has 1 aliphatic heterocycles. The van der Waals surface area contributed by atoms with Crippen LogP contribution in [-0.2, 0) is 0 Å². The van der Waals surface area contributed by atoms with E-state index < -0.39 is 0 Å². The molecular weight excluding hydrogens is 416 g/mol. The van der Waals surface area contributed by atoms with E-state index in [2.05, 4.69) is 45.7 Å². The van der Waals surface area contributed by atoms with Crippen LogP contribution >= 0.6 is 23.8 Å². The quantitative estimate of drug-likeness (QED) is 0.553. The predicted octanol–water partition coefficient (Wildman–Crippen LogP) is 4.50. The fourth-order valence-electron chi connectivity index (χ4n) is 4.33. The van der Waals surface area contributed by atoms with E-state index in [0.29, 0.717) is 23.1 Å². The number of aliphatic hydroxyl groups is 1. The molecular formula is C23H25ClN4OS. The zero-order valence-corrected chi connectivity index (χ0v) is 18.6. The van der Waals surface area contributed by atoms with Gasteiger partial charge in [-0.25, -0.2) is 0 Å². The van der Waals surface area contributed by atoms with Gasteiger partial charge in [0.25, 0.3) is 0 Å². The SMILES string of the molecule is Cc1cc([C@@H]2[C@H](c3ccccn3)NC(=S)N2CCCO)c(C)n1-c1cccc(Cl)c1. The number of thiocarbonyl (C=S) groups is 1. The number of pyridine rings is 1. The molecule has 0 saturated carbocycles. The number of nitrogens with one attached hydrogen (secondary N) is 1. The van der Waals surface area contributed by atoms with Crippen LogP contribution < -0.4 is 5.32 Å². The van der Waals surface area contributed by atoms with Crippen molar-refractivity contribution < 1.29 is 5.11 Å². The zero-order chi connectivity index (χ0) is 21.3. The van der Waals surface area contributed by atoms with E-state index in [1.54, 1.807) is 0 Å². The minimum Gasteiger partial charge on any atom is -0.396 e. The van der Waals surface area contributed by atoms with Gasteiger partial charge in [0.15, 0.2) is 5.11 Å². The number of aryl methyl sites for hydroxylation is 1. The second kappa shape index (κ2) is 8.76. The van der Waals surface area contributed by atoms with Crippen LogP contribution in [0.15, 0.2) is 54.7 Å². The minimum atomic E-state index is -0.0642. The molecule has 0 radical (unpaired) electrons. The number of benzene rings is 1. The highest BCUT2D eigenvalue weighted by Crippen LogP contribution is 2.41. The fraction of sp³-hybridized carbons (Fsp3) is 0.304. The average Bonchev–Trinajstić information content (AvgIpc) is 3.22. The minimum absolute atomic E-state index is 0.0157. The molecule has 2 atom stereocenters. The van der Waals surface area contributed by atoms with Crippen molar-refractivity contribution in [2.24, 2.45) is 0 Å². The maximum absolute atomic E-state index is 9.41. The Morgan fingerprint density at radius 1 is 1.17 bits per heavy atom. The van der Waals surface area contributed by atoms with Crippen LogP contribution in [0, 0.1) is 13.8 Å². The molecule has 1 aliphatic rings. The fourth-order valence-corrected chi connectivity index (χ4v) is 4.84. The van der Waals surface area contributed by atoms with Crippen molar-refractivity contribution in [3.8, 4) is 5.69 Å². The van der Waals surface area contributed by atoms with Gasteiger partial charge in [0.1, 0.15) is 0 Å². The molecule has 0 spiro atoms. The summed E-state index contributed by atoms with van der Waals surface area (Å²) in [5.41, 5.74) is 5.44. The number of aliphatic hydroxyl groups excluding tert-OH is 1. The van der Waals surface area contributed by atoms with Crippen molar-refractivity contribution in [2.45, 2.75) is 32.4 Å². The van der Waals surface area contributed by atoms with Gasteiger partial charge in [-0.2, -0.15) is 0 Å². The number of halogens is 1. The number of hydrogen-bond donors (Lipinski definition) is 2. The summed E-state index contributed by atoms with van der Waals surface area (Å²) >= 11 is 11.9. The van der Waals surface area contributed by atoms with Crippen molar-refractivity contribution in [2.75, 3.05) is 13.2 Å². The van der Waals surface area contributed by atoms with E-state index in [1.807, 2.05) is 42.6 Å². The lowest BCUT2D eigenvalue weighted by atomic mass is 9.96. The van der Waals surface area contributed by atoms with Crippen molar-refractivity contribution >= 4 is 28.9 Å². The van der Waals surface area contributed by atoms with Crippen LogP contribution in [0.25, 0.3) is 5.69 Å². The molecule has 156 valence electrons. The van der Waals surface area contributed by atoms with E-state index in [-0.39, 0.29) is 18.7 Å². The largest absolute Gasteiger partial charge is 0.396 e. The highest BCUT2D eigenvalue weighted by molar-refractivity contribution is 7.80. The van der Waals surface area contributed by atoms with Gasteiger partial charge in [0.2, 0.25) is 0 Å². The van der Waals surface area contributed by atoms with Gasteiger partial charge in [0.05, 0.1) is 17.8 Å². The Balaban J connectivity index is 1.82. The van der Waals surface area contributed by atoms with Gasteiger partial charge < -0.3 is 19.9 Å². The second-order valence-corrected chi connectivity index (χ2v) is 8.36. The second-order valence-electron chi connectivity index (χ2n) is 7.54. The summed E-state index contributed by atoms with van der Waals surface area (Å²) in [4.78, 5) is 6.77. The van der Waals surface area contributed by atoms with Crippen LogP contribution in [0.1, 0.15) is 41.1 Å². The maximum Gasteiger partial charge on any atom is 0.170 e. The molecule has 0 aliphatic carbocycles. The average molecular weight is 441 g/mol. The van der Waals surface area contributed by atoms with Gasteiger partial charge in [0, 0.05) is 41.4 Å². The highest BCUT2D eigenvalue weighted by Gasteiger charge is 2.41. The number of aromatic nitrogens is 2. The summed E-state index contributed by atoms with van der Waals surface area (Å²) in [5.74, 6) is 0. The van der Waals surface area contributed by atoms with Crippen molar-refractivity contribution in [3.63, 3.8) is 0 Å². The van der Waals surface area contributed by atoms with Crippen molar-refractivity contribution in [1.29, 1.82) is 0 Å². The first-order valence-corrected chi connectivity index (χ1v) is 10.8. The molecule has 30 heavy (non-hydrogen) atoms. The van der Waals surface area contributed by atoms with Crippen molar-refractivity contribution in [3.05, 3.63) is 82.4 Å². The Morgan fingerprint density at radius 2 is 2.00 bits per heavy atom. The lowest BCUT2D eigenvalue weighted by Crippen LogP contribution is -2.31. The zero-order valence-electron chi connectivity index (χ0n) is 17.0. The molecule has 4 rings (SSSR count). The van der Waals surface area contributed by atoms with Gasteiger partial charge in [-0.15, -0.1) is 0 Å². The van der Waals surface area contributed by atoms with Crippen LogP contribution in [-0.4, -0.2) is 37.8 Å². The van der Waals surface area contributed by atoms with E-state index in [1.165, 1.54) is 5.56 Å². The Morgan fingerprint density at radius 3 is 2.70 bits per heavy atom. The molecule has 7 heteroatoms. The van der Waals surface area contributed by atoms with Crippen LogP contribution in [0.4, 0.5) is 0 Å². The van der Waals surface area contributed by atoms with Gasteiger partial charge in [-0.1, -0.05) is 23.7 Å². The molecule has 1 aromatic carbocycles. The Kier molecular flexibility index (Phi) is 6.09. The first-order valence-electron chi connectivity index (χ1n) is 10.0. The Bertz CT molecular complexity index is 1050. The summed E-state index contributed by atoms with van der Waals surface area (Å²) in [6, 6.07) is 16.0. The van der Waals surface area contributed by atoms with Crippen molar-refractivity contribution in [1.82, 2.24) is 19.8 Å². The monoisotopic (exact) mass is 440 g/mol. The first kappa shape index (κ1) is 20.8. The topological polar surface area (TPSA) is 53.3 Å². The Labute approximate surface area is 187 Å². The third kappa shape index (κ3) is 3.83. The molecule has 5 nitrogen and oxygen atoms in total. The van der Waals surface area contributed by atoms with Gasteiger partial charge in [-0.05, 0) is 74.4 Å². The summed E-state index contributed by atoms with van der Waals surface area (Å²) in [6.45, 7) is 5.04. The standard InChI is InChI=1S/C23H25ClN4OS/c1-15-13-19(16(2)28(15)18-8-5-7-17(24)14-18)22-21(20-9-3-4-10-25-20)26-23(30)27(22)11-6-12-29/h3-5,7-10,13-14,21-22,29H,6,11-12H2,1-2H3,(H,26,30)/t21-,22+/m0/s1. The molecule has 1 saturated heterocycles. The summed E-state index contributed by atoms with van der Waals surface area (Å²) in [6.07, 6.45) is 2.46. The number of nitrogens with zero attached hydrogens (tertiary/aromatic N) is 3. The molecule has 0 unspecified atom stereocenters. The highest BCUT2D eigenvalue weighted by atomic mass is 35.5. The normalized spacial score (nSPS) is 18.7. The third-order valence-corrected chi connectivity index (χ3v) is 6.20. The summed E-state index contributed by atoms with van der Waals surface area (Å²) < 4.78 is 2.22. The molecule has 2 N–H and O–H groups in total. The molecule has 3 aromatic rings. The number of hydrogen-bond acceptors (Lipinski definition) is 3. The van der Waals surface area contributed by atoms with E-state index >= 15 is 0 Å². The first-order chi connectivity index (χ1) is 14.5. The van der Waals surface area contributed by atoms with Crippen LogP contribution in [0.5, 0.6) is 0 Å². The Hall–Kier alpha value is -2.41. The molecule has 2 aromatic heterocycles. The van der Waals surface area contributed by atoms with E-state index in [4.69, 9.17) is 23.8 Å². The van der Waals surface area contributed by atoms with Gasteiger partial charge >= 0.3 is 0 Å². The summed E-state index contributed by atoms with van der Waals surface area (Å²) in [5, 5.41) is 14.3. The molecule has 3 heterocycles.